The van der Waals surface area contributed by atoms with Crippen LogP contribution in [0.25, 0.3) is 4.83 Å². The zero-order valence-electron chi connectivity index (χ0n) is 33.3. The molecule has 4 fully saturated rings. The predicted octanol–water partition coefficient (Wildman–Crippen LogP) is 5.11. The summed E-state index contributed by atoms with van der Waals surface area (Å²) in [6.07, 6.45) is 5.97. The molecular formula is C41H48F2N10O6S. The number of aromatic nitrogens is 4. The number of imide groups is 2. The van der Waals surface area contributed by atoms with Gasteiger partial charge in [-0.1, -0.05) is 17.4 Å². The normalized spacial score (nSPS) is 25.1. The van der Waals surface area contributed by atoms with E-state index in [-0.39, 0.29) is 47.4 Å². The van der Waals surface area contributed by atoms with E-state index in [1.807, 2.05) is 0 Å². The lowest BCUT2D eigenvalue weighted by molar-refractivity contribution is -0.136. The number of carbonyl (C=O) groups is 5. The molecule has 0 spiro atoms. The van der Waals surface area contributed by atoms with Gasteiger partial charge in [-0.05, 0) is 95.0 Å². The number of fused-ring (bicyclic) bond motifs is 2. The van der Waals surface area contributed by atoms with Gasteiger partial charge in [-0.2, -0.15) is 5.10 Å². The molecule has 2 saturated carbocycles. The summed E-state index contributed by atoms with van der Waals surface area (Å²) in [5.74, 6) is -2.16. The second kappa shape index (κ2) is 16.6. The van der Waals surface area contributed by atoms with Crippen LogP contribution in [-0.4, -0.2) is 117 Å². The molecule has 1 unspecified atom stereocenters. The second-order valence-electron chi connectivity index (χ2n) is 16.6. The van der Waals surface area contributed by atoms with Gasteiger partial charge in [0.05, 0.1) is 36.1 Å². The van der Waals surface area contributed by atoms with E-state index in [0.717, 1.165) is 72.8 Å². The summed E-state index contributed by atoms with van der Waals surface area (Å²) in [6.45, 7) is 3.56. The van der Waals surface area contributed by atoms with Gasteiger partial charge < -0.3 is 25.2 Å². The second-order valence-corrected chi connectivity index (χ2v) is 17.5. The highest BCUT2D eigenvalue weighted by Gasteiger charge is 2.46. The van der Waals surface area contributed by atoms with Crippen molar-refractivity contribution >= 4 is 62.2 Å². The first-order chi connectivity index (χ1) is 29.0. The van der Waals surface area contributed by atoms with Gasteiger partial charge in [0.2, 0.25) is 16.9 Å². The first-order valence-electron chi connectivity index (χ1n) is 20.8. The Bertz CT molecular complexity index is 2310. The smallest absolute Gasteiger partial charge is 0.284 e. The lowest BCUT2D eigenvalue weighted by Gasteiger charge is -2.38. The average molecular weight is 847 g/mol. The number of hydrogen-bond donors (Lipinski definition) is 3. The molecule has 6 heterocycles. The zero-order valence-corrected chi connectivity index (χ0v) is 34.1. The van der Waals surface area contributed by atoms with Crippen LogP contribution in [0.1, 0.15) is 114 Å². The summed E-state index contributed by atoms with van der Waals surface area (Å²) >= 11 is 1.46. The monoisotopic (exact) mass is 846 g/mol. The van der Waals surface area contributed by atoms with Crippen LogP contribution in [0, 0.1) is 5.92 Å². The topological polar surface area (TPSA) is 176 Å². The molecular weight excluding hydrogens is 799 g/mol. The van der Waals surface area contributed by atoms with Crippen molar-refractivity contribution in [2.24, 2.45) is 5.92 Å². The molecule has 1 atom stereocenters. The molecule has 5 amide bonds. The van der Waals surface area contributed by atoms with E-state index < -0.39 is 47.7 Å². The summed E-state index contributed by atoms with van der Waals surface area (Å²) in [5.41, 5.74) is 0.939. The lowest BCUT2D eigenvalue weighted by atomic mass is 9.84. The third kappa shape index (κ3) is 7.77. The molecule has 3 N–H and O–H groups in total. The number of nitrogens with zero attached hydrogens (tertiary/aromatic N) is 7. The maximum Gasteiger partial charge on any atom is 0.284 e. The van der Waals surface area contributed by atoms with E-state index in [2.05, 4.69) is 43.0 Å². The standard InChI is InChI=1S/C41H48F2N10O6S/c1-49(25-11-7-24(8-12-25)44-28-4-2-3-27-34(28)40(58)52(39(27)57)30-13-15-32(54)46-37(30)55)21-23-5-9-26(10-6-23)51-22-29(35(47-51)36(42)43)45-38(56)31-14-16-33-53(31)48-41(60-33)50-17-19-59-20-18-50/h2-4,14,16,22-26,30,36,44H,5-13,15,17-21H2,1H3,(H,45,56)(H,46,54,55). The van der Waals surface area contributed by atoms with Crippen LogP contribution in [0.15, 0.2) is 36.5 Å². The first-order valence-corrected chi connectivity index (χ1v) is 21.6. The molecule has 9 rings (SSSR count). The molecule has 318 valence electrons. The highest BCUT2D eigenvalue weighted by Crippen LogP contribution is 2.38. The van der Waals surface area contributed by atoms with E-state index in [0.29, 0.717) is 44.0 Å². The number of carbonyl (C=O) groups excluding carboxylic acids is 5. The molecule has 1 aromatic carbocycles. The SMILES string of the molecule is CN(CC1CCC(n2cc(NC(=O)c3ccc4sc(N5CCOCC5)nn34)c(C(F)F)n2)CC1)C1CCC(Nc2cccc3c2C(=O)N(C2CCC(=O)NC2=O)C3=O)CC1. The first kappa shape index (κ1) is 40.2. The maximum atomic E-state index is 14.2. The Kier molecular flexibility index (Phi) is 11.1. The summed E-state index contributed by atoms with van der Waals surface area (Å²) in [5, 5.41) is 18.2. The van der Waals surface area contributed by atoms with Crippen LogP contribution in [0.4, 0.5) is 25.3 Å². The van der Waals surface area contributed by atoms with Gasteiger partial charge in [-0.3, -0.25) is 38.9 Å². The Morgan fingerprint density at radius 3 is 2.45 bits per heavy atom. The van der Waals surface area contributed by atoms with Crippen LogP contribution in [0.5, 0.6) is 0 Å². The number of amides is 5. The Morgan fingerprint density at radius 1 is 0.950 bits per heavy atom. The zero-order chi connectivity index (χ0) is 41.7. The number of anilines is 3. The van der Waals surface area contributed by atoms with E-state index in [1.165, 1.54) is 11.3 Å². The number of nitrogens with one attached hydrogen (secondary N) is 3. The van der Waals surface area contributed by atoms with Crippen LogP contribution in [0.2, 0.25) is 0 Å². The summed E-state index contributed by atoms with van der Waals surface area (Å²) in [7, 11) is 2.16. The minimum absolute atomic E-state index is 0.00599. The molecule has 16 nitrogen and oxygen atoms in total. The van der Waals surface area contributed by atoms with Gasteiger partial charge in [-0.25, -0.2) is 13.3 Å². The number of morpholine rings is 1. The summed E-state index contributed by atoms with van der Waals surface area (Å²) < 4.78 is 37.1. The quantitative estimate of drug-likeness (QED) is 0.171. The third-order valence-electron chi connectivity index (χ3n) is 12.8. The van der Waals surface area contributed by atoms with Crippen molar-refractivity contribution < 1.29 is 37.5 Å². The van der Waals surface area contributed by atoms with Crippen molar-refractivity contribution in [3.05, 3.63) is 59.0 Å². The largest absolute Gasteiger partial charge is 0.382 e. The number of benzene rings is 1. The fraction of sp³-hybridized carbons (Fsp3) is 0.537. The minimum atomic E-state index is -2.85. The number of halogens is 2. The van der Waals surface area contributed by atoms with Gasteiger partial charge in [0.15, 0.2) is 5.69 Å². The van der Waals surface area contributed by atoms with Crippen LogP contribution in [-0.2, 0) is 14.3 Å². The highest BCUT2D eigenvalue weighted by atomic mass is 32.1. The van der Waals surface area contributed by atoms with Crippen molar-refractivity contribution in [2.75, 3.05) is 55.4 Å². The van der Waals surface area contributed by atoms with Crippen molar-refractivity contribution in [3.63, 3.8) is 0 Å². The molecule has 3 aromatic heterocycles. The summed E-state index contributed by atoms with van der Waals surface area (Å²) in [6, 6.07) is 8.02. The van der Waals surface area contributed by atoms with Crippen molar-refractivity contribution in [1.29, 1.82) is 0 Å². The van der Waals surface area contributed by atoms with E-state index in [9.17, 15) is 32.8 Å². The molecule has 3 aliphatic heterocycles. The Balaban J connectivity index is 0.762. The number of rotatable bonds is 11. The Morgan fingerprint density at radius 2 is 1.72 bits per heavy atom. The number of alkyl halides is 2. The van der Waals surface area contributed by atoms with Crippen molar-refractivity contribution in [1.82, 2.24) is 34.5 Å². The van der Waals surface area contributed by atoms with E-state index in [1.54, 1.807) is 45.7 Å². The fourth-order valence-electron chi connectivity index (χ4n) is 9.55. The van der Waals surface area contributed by atoms with E-state index in [4.69, 9.17) is 4.74 Å². The average Bonchev–Trinajstić information content (AvgIpc) is 4.02. The fourth-order valence-corrected chi connectivity index (χ4v) is 10.5. The van der Waals surface area contributed by atoms with Gasteiger partial charge in [-0.15, -0.1) is 5.10 Å². The maximum absolute atomic E-state index is 14.2. The molecule has 60 heavy (non-hydrogen) atoms. The van der Waals surface area contributed by atoms with Crippen molar-refractivity contribution in [2.45, 2.75) is 94.8 Å². The summed E-state index contributed by atoms with van der Waals surface area (Å²) in [4.78, 5) is 70.8. The molecule has 0 bridgehead atoms. The minimum Gasteiger partial charge on any atom is -0.382 e. The van der Waals surface area contributed by atoms with E-state index >= 15 is 0 Å². The van der Waals surface area contributed by atoms with Gasteiger partial charge in [0, 0.05) is 50.0 Å². The molecule has 2 saturated heterocycles. The molecule has 19 heteroatoms. The lowest BCUT2D eigenvalue weighted by Crippen LogP contribution is -2.54. The predicted molar refractivity (Wildman–Crippen MR) is 218 cm³/mol. The Labute approximate surface area is 348 Å². The van der Waals surface area contributed by atoms with Gasteiger partial charge in [0.1, 0.15) is 16.6 Å². The molecule has 2 aliphatic carbocycles. The Hall–Kier alpha value is -5.27. The van der Waals surface area contributed by atoms with Gasteiger partial charge in [0.25, 0.3) is 24.1 Å². The molecule has 4 aromatic rings. The molecule has 0 radical (unpaired) electrons. The van der Waals surface area contributed by atoms with Crippen LogP contribution >= 0.6 is 11.3 Å². The highest BCUT2D eigenvalue weighted by molar-refractivity contribution is 7.20. The number of piperidine rings is 1. The number of hydrogen-bond acceptors (Lipinski definition) is 12. The van der Waals surface area contributed by atoms with Crippen LogP contribution < -0.4 is 20.9 Å². The van der Waals surface area contributed by atoms with Gasteiger partial charge >= 0.3 is 0 Å². The number of ether oxygens (including phenoxy) is 1. The molecule has 5 aliphatic rings. The van der Waals surface area contributed by atoms with Crippen molar-refractivity contribution in [3.8, 4) is 0 Å². The third-order valence-corrected chi connectivity index (χ3v) is 13.9. The van der Waals surface area contributed by atoms with Crippen LogP contribution in [0.3, 0.4) is 0 Å².